The van der Waals surface area contributed by atoms with Crippen LogP contribution in [0.5, 0.6) is 5.75 Å². The Bertz CT molecular complexity index is 815. The van der Waals surface area contributed by atoms with E-state index in [1.165, 1.54) is 0 Å². The number of carbonyl (C=O) groups excluding carboxylic acids is 1. The molecule has 4 rings (SSSR count). The lowest BCUT2D eigenvalue weighted by Gasteiger charge is -2.25. The van der Waals surface area contributed by atoms with Crippen LogP contribution in [0.2, 0.25) is 0 Å². The van der Waals surface area contributed by atoms with Gasteiger partial charge in [-0.1, -0.05) is 24.3 Å². The Labute approximate surface area is 116 Å². The molecule has 98 valence electrons. The molecule has 0 saturated heterocycles. The van der Waals surface area contributed by atoms with Crippen LogP contribution in [-0.2, 0) is 11.2 Å². The van der Waals surface area contributed by atoms with Crippen LogP contribution in [0.15, 0.2) is 53.8 Å². The normalized spacial score (nSPS) is 16.9. The molecule has 0 unspecified atom stereocenters. The average Bonchev–Trinajstić information content (AvgIpc) is 2.45. The number of ether oxygens (including phenoxy) is 1. The first-order valence-corrected chi connectivity index (χ1v) is 6.64. The lowest BCUT2D eigenvalue weighted by atomic mass is 9.90. The molecule has 2 aromatic carbocycles. The molecule has 1 aliphatic carbocycles. The summed E-state index contributed by atoms with van der Waals surface area (Å²) in [6.45, 7) is 0. The van der Waals surface area contributed by atoms with Gasteiger partial charge in [-0.05, 0) is 23.1 Å². The van der Waals surface area contributed by atoms with Crippen LogP contribution in [0.1, 0.15) is 12.0 Å². The minimum atomic E-state index is 0.0903. The SMILES string of the molecule is Nc1cccc2ccc3c(c12)CC1=CCC(=O)C=C1O3. The van der Waals surface area contributed by atoms with Gasteiger partial charge in [0.1, 0.15) is 11.5 Å². The van der Waals surface area contributed by atoms with Gasteiger partial charge in [0.2, 0.25) is 0 Å². The van der Waals surface area contributed by atoms with Crippen LogP contribution in [-0.4, -0.2) is 5.78 Å². The Morgan fingerprint density at radius 2 is 2.05 bits per heavy atom. The third kappa shape index (κ3) is 1.56. The molecule has 2 aromatic rings. The number of nitrogens with two attached hydrogens (primary N) is 1. The Kier molecular flexibility index (Phi) is 2.24. The smallest absolute Gasteiger partial charge is 0.163 e. The summed E-state index contributed by atoms with van der Waals surface area (Å²) in [5, 5.41) is 2.18. The quantitative estimate of drug-likeness (QED) is 0.743. The Hall–Kier alpha value is -2.55. The minimum Gasteiger partial charge on any atom is -0.457 e. The fraction of sp³-hybridized carbons (Fsp3) is 0.118. The van der Waals surface area contributed by atoms with Crippen LogP contribution in [0, 0.1) is 0 Å². The minimum absolute atomic E-state index is 0.0903. The van der Waals surface area contributed by atoms with Crippen molar-refractivity contribution in [3.8, 4) is 5.75 Å². The van der Waals surface area contributed by atoms with Gasteiger partial charge in [-0.15, -0.1) is 0 Å². The van der Waals surface area contributed by atoms with E-state index >= 15 is 0 Å². The van der Waals surface area contributed by atoms with Crippen molar-refractivity contribution in [1.29, 1.82) is 0 Å². The summed E-state index contributed by atoms with van der Waals surface area (Å²) in [4.78, 5) is 11.5. The van der Waals surface area contributed by atoms with Gasteiger partial charge in [0.15, 0.2) is 5.78 Å². The Balaban J connectivity index is 1.97. The number of rotatable bonds is 0. The molecule has 0 aromatic heterocycles. The molecule has 0 bridgehead atoms. The molecular formula is C17H13NO2. The van der Waals surface area contributed by atoms with Gasteiger partial charge >= 0.3 is 0 Å². The topological polar surface area (TPSA) is 52.3 Å². The number of carbonyl (C=O) groups is 1. The highest BCUT2D eigenvalue weighted by Crippen LogP contribution is 2.40. The van der Waals surface area contributed by atoms with Gasteiger partial charge in [0, 0.05) is 35.6 Å². The van der Waals surface area contributed by atoms with Crippen molar-refractivity contribution in [3.63, 3.8) is 0 Å². The van der Waals surface area contributed by atoms with E-state index < -0.39 is 0 Å². The van der Waals surface area contributed by atoms with Crippen molar-refractivity contribution >= 4 is 22.2 Å². The third-order valence-electron chi connectivity index (χ3n) is 3.89. The first-order valence-electron chi connectivity index (χ1n) is 6.64. The van der Waals surface area contributed by atoms with Crippen molar-refractivity contribution in [2.24, 2.45) is 0 Å². The van der Waals surface area contributed by atoms with Crippen molar-refractivity contribution < 1.29 is 9.53 Å². The lowest BCUT2D eigenvalue weighted by molar-refractivity contribution is -0.114. The van der Waals surface area contributed by atoms with Gasteiger partial charge < -0.3 is 10.5 Å². The second-order valence-electron chi connectivity index (χ2n) is 5.17. The fourth-order valence-electron chi connectivity index (χ4n) is 2.92. The van der Waals surface area contributed by atoms with E-state index in [0.29, 0.717) is 12.2 Å². The number of benzene rings is 2. The highest BCUT2D eigenvalue weighted by atomic mass is 16.5. The molecule has 0 spiro atoms. The van der Waals surface area contributed by atoms with Crippen LogP contribution in [0.3, 0.4) is 0 Å². The van der Waals surface area contributed by atoms with E-state index in [2.05, 4.69) is 6.07 Å². The summed E-state index contributed by atoms with van der Waals surface area (Å²) in [5.74, 6) is 1.57. The molecular weight excluding hydrogens is 250 g/mol. The molecule has 2 aliphatic rings. The summed E-state index contributed by atoms with van der Waals surface area (Å²) in [5.41, 5.74) is 9.08. The maximum Gasteiger partial charge on any atom is 0.163 e. The van der Waals surface area contributed by atoms with E-state index in [1.54, 1.807) is 6.08 Å². The zero-order valence-electron chi connectivity index (χ0n) is 10.8. The number of fused-ring (bicyclic) bond motifs is 4. The highest BCUT2D eigenvalue weighted by Gasteiger charge is 2.24. The van der Waals surface area contributed by atoms with Crippen LogP contribution >= 0.6 is 0 Å². The molecule has 0 atom stereocenters. The van der Waals surface area contributed by atoms with E-state index in [9.17, 15) is 4.79 Å². The summed E-state index contributed by atoms with van der Waals surface area (Å²) in [6.07, 6.45) is 4.77. The monoisotopic (exact) mass is 263 g/mol. The summed E-state index contributed by atoms with van der Waals surface area (Å²) in [7, 11) is 0. The first-order chi connectivity index (χ1) is 9.72. The van der Waals surface area contributed by atoms with E-state index in [-0.39, 0.29) is 5.78 Å². The highest BCUT2D eigenvalue weighted by molar-refractivity contribution is 5.98. The zero-order chi connectivity index (χ0) is 13.7. The van der Waals surface area contributed by atoms with Crippen LogP contribution < -0.4 is 10.5 Å². The summed E-state index contributed by atoms with van der Waals surface area (Å²) >= 11 is 0. The van der Waals surface area contributed by atoms with Gasteiger partial charge in [-0.2, -0.15) is 0 Å². The summed E-state index contributed by atoms with van der Waals surface area (Å²) in [6, 6.07) is 9.87. The lowest BCUT2D eigenvalue weighted by Crippen LogP contribution is -2.15. The second-order valence-corrected chi connectivity index (χ2v) is 5.17. The van der Waals surface area contributed by atoms with Crippen molar-refractivity contribution in [2.45, 2.75) is 12.8 Å². The number of hydrogen-bond donors (Lipinski definition) is 1. The van der Waals surface area contributed by atoms with Crippen LogP contribution in [0.4, 0.5) is 5.69 Å². The first kappa shape index (κ1) is 11.3. The largest absolute Gasteiger partial charge is 0.457 e. The molecule has 0 radical (unpaired) electrons. The van der Waals surface area contributed by atoms with Gasteiger partial charge in [-0.25, -0.2) is 0 Å². The second kappa shape index (κ2) is 3.97. The maximum atomic E-state index is 11.5. The molecule has 3 heteroatoms. The summed E-state index contributed by atoms with van der Waals surface area (Å²) < 4.78 is 5.89. The van der Waals surface area contributed by atoms with Crippen molar-refractivity contribution in [2.75, 3.05) is 5.73 Å². The molecule has 0 saturated carbocycles. The fourth-order valence-corrected chi connectivity index (χ4v) is 2.92. The number of allylic oxidation sites excluding steroid dienone is 3. The van der Waals surface area contributed by atoms with Crippen molar-refractivity contribution in [1.82, 2.24) is 0 Å². The number of nitrogen functional groups attached to an aromatic ring is 1. The van der Waals surface area contributed by atoms with E-state index in [0.717, 1.165) is 39.8 Å². The Morgan fingerprint density at radius 1 is 1.15 bits per heavy atom. The molecule has 0 fully saturated rings. The zero-order valence-corrected chi connectivity index (χ0v) is 10.8. The average molecular weight is 263 g/mol. The van der Waals surface area contributed by atoms with Crippen molar-refractivity contribution in [3.05, 3.63) is 59.4 Å². The Morgan fingerprint density at radius 3 is 2.95 bits per heavy atom. The standard InChI is InChI=1S/C17H13NO2/c18-14-3-1-2-10-5-7-15-13(17(10)14)8-11-4-6-12(19)9-16(11)20-15/h1-5,7,9H,6,8,18H2. The number of anilines is 1. The third-order valence-corrected chi connectivity index (χ3v) is 3.89. The molecule has 3 nitrogen and oxygen atoms in total. The maximum absolute atomic E-state index is 11.5. The number of hydrogen-bond acceptors (Lipinski definition) is 3. The van der Waals surface area contributed by atoms with Gasteiger partial charge in [0.25, 0.3) is 0 Å². The number of ketones is 1. The molecule has 2 N–H and O–H groups in total. The predicted octanol–water partition coefficient (Wildman–Crippen LogP) is 3.14. The molecule has 0 amide bonds. The molecule has 1 heterocycles. The molecule has 20 heavy (non-hydrogen) atoms. The van der Waals surface area contributed by atoms with Gasteiger partial charge in [-0.3, -0.25) is 4.79 Å². The van der Waals surface area contributed by atoms with E-state index in [4.69, 9.17) is 10.5 Å². The van der Waals surface area contributed by atoms with Crippen LogP contribution in [0.25, 0.3) is 10.8 Å². The van der Waals surface area contributed by atoms with E-state index in [1.807, 2.05) is 30.3 Å². The molecule has 1 aliphatic heterocycles. The van der Waals surface area contributed by atoms with Gasteiger partial charge in [0.05, 0.1) is 0 Å². The predicted molar refractivity (Wildman–Crippen MR) is 78.5 cm³/mol.